The smallest absolute Gasteiger partial charge is 0.231 e. The van der Waals surface area contributed by atoms with E-state index in [2.05, 4.69) is 0 Å². The normalized spacial score (nSPS) is 11.8. The van der Waals surface area contributed by atoms with E-state index in [1.54, 1.807) is 30.3 Å². The Hall–Kier alpha value is -4.53. The third kappa shape index (κ3) is 5.50. The van der Waals surface area contributed by atoms with Crippen LogP contribution in [0, 0.1) is 0 Å². The number of hydrogen-bond donors (Lipinski definition) is 0. The first-order valence-electron chi connectivity index (χ1n) is 11.3. The van der Waals surface area contributed by atoms with Crippen molar-refractivity contribution in [2.24, 2.45) is 0 Å². The van der Waals surface area contributed by atoms with E-state index in [4.69, 9.17) is 37.9 Å². The molecule has 0 saturated carbocycles. The van der Waals surface area contributed by atoms with Crippen molar-refractivity contribution in [3.8, 4) is 46.0 Å². The number of carbonyl (C=O) groups excluding carboxylic acids is 1. The van der Waals surface area contributed by atoms with Gasteiger partial charge in [-0.2, -0.15) is 0 Å². The zero-order chi connectivity index (χ0) is 26.4. The van der Waals surface area contributed by atoms with E-state index in [0.717, 1.165) is 5.56 Å². The molecule has 194 valence electrons. The van der Waals surface area contributed by atoms with Gasteiger partial charge >= 0.3 is 0 Å². The fourth-order valence-corrected chi connectivity index (χ4v) is 3.82. The minimum absolute atomic E-state index is 0.199. The van der Waals surface area contributed by atoms with Crippen molar-refractivity contribution < 1.29 is 42.7 Å². The van der Waals surface area contributed by atoms with Gasteiger partial charge in [0.1, 0.15) is 6.61 Å². The molecule has 0 atom stereocenters. The summed E-state index contributed by atoms with van der Waals surface area (Å²) < 4.78 is 43.9. The van der Waals surface area contributed by atoms with Gasteiger partial charge in [0.15, 0.2) is 40.3 Å². The summed E-state index contributed by atoms with van der Waals surface area (Å²) in [4.78, 5) is 13.0. The van der Waals surface area contributed by atoms with Crippen LogP contribution in [0.15, 0.2) is 48.5 Å². The lowest BCUT2D eigenvalue weighted by Crippen LogP contribution is -2.03. The van der Waals surface area contributed by atoms with Crippen LogP contribution in [-0.4, -0.2) is 48.1 Å². The standard InChI is InChI=1S/C28H28O9/c1-30-23-10-17(11-24(31-2)27(23)34-5)6-8-20(29)19-13-25(32-3)28(26(14-19)33-4)35-15-18-7-9-21-22(12-18)37-16-36-21/h6-14H,15-16H2,1-5H3/b8-6+. The van der Waals surface area contributed by atoms with Gasteiger partial charge in [-0.25, -0.2) is 0 Å². The second-order valence-corrected chi connectivity index (χ2v) is 7.84. The Morgan fingerprint density at radius 2 is 1.35 bits per heavy atom. The molecule has 3 aromatic carbocycles. The first-order valence-corrected chi connectivity index (χ1v) is 11.3. The van der Waals surface area contributed by atoms with Crippen LogP contribution in [0.4, 0.5) is 0 Å². The predicted molar refractivity (Wildman–Crippen MR) is 136 cm³/mol. The van der Waals surface area contributed by atoms with E-state index in [-0.39, 0.29) is 19.2 Å². The first-order chi connectivity index (χ1) is 18.0. The number of allylic oxidation sites excluding steroid dienone is 1. The van der Waals surface area contributed by atoms with Crippen molar-refractivity contribution in [1.82, 2.24) is 0 Å². The van der Waals surface area contributed by atoms with E-state index in [1.807, 2.05) is 18.2 Å². The molecule has 9 heteroatoms. The lowest BCUT2D eigenvalue weighted by Gasteiger charge is -2.16. The molecular formula is C28H28O9. The summed E-state index contributed by atoms with van der Waals surface area (Å²) in [5.41, 5.74) is 1.94. The summed E-state index contributed by atoms with van der Waals surface area (Å²) in [6, 6.07) is 12.3. The summed E-state index contributed by atoms with van der Waals surface area (Å²) in [5, 5.41) is 0. The highest BCUT2D eigenvalue weighted by molar-refractivity contribution is 6.07. The van der Waals surface area contributed by atoms with E-state index in [0.29, 0.717) is 57.1 Å². The summed E-state index contributed by atoms with van der Waals surface area (Å²) >= 11 is 0. The lowest BCUT2D eigenvalue weighted by atomic mass is 10.1. The van der Waals surface area contributed by atoms with Crippen LogP contribution >= 0.6 is 0 Å². The summed E-state index contributed by atoms with van der Waals surface area (Å²) in [5.74, 6) is 3.66. The molecule has 37 heavy (non-hydrogen) atoms. The Balaban J connectivity index is 1.55. The van der Waals surface area contributed by atoms with Gasteiger partial charge in [0, 0.05) is 5.56 Å². The number of hydrogen-bond acceptors (Lipinski definition) is 9. The molecule has 0 N–H and O–H groups in total. The lowest BCUT2D eigenvalue weighted by molar-refractivity contribution is 0.104. The first kappa shape index (κ1) is 25.6. The quantitative estimate of drug-likeness (QED) is 0.264. The Labute approximate surface area is 215 Å². The number of methoxy groups -OCH3 is 5. The van der Waals surface area contributed by atoms with Crippen molar-refractivity contribution in [3.63, 3.8) is 0 Å². The maximum atomic E-state index is 13.0. The molecule has 4 rings (SSSR count). The van der Waals surface area contributed by atoms with Gasteiger partial charge < -0.3 is 37.9 Å². The van der Waals surface area contributed by atoms with Crippen LogP contribution in [0.2, 0.25) is 0 Å². The van der Waals surface area contributed by atoms with Crippen LogP contribution in [-0.2, 0) is 6.61 Å². The molecule has 0 bridgehead atoms. The minimum Gasteiger partial charge on any atom is -0.493 e. The maximum Gasteiger partial charge on any atom is 0.231 e. The Kier molecular flexibility index (Phi) is 7.92. The highest BCUT2D eigenvalue weighted by Gasteiger charge is 2.19. The SMILES string of the molecule is COc1cc(/C=C/C(=O)c2cc(OC)c(OCc3ccc4c(c3)OCO4)c(OC)c2)cc(OC)c1OC. The molecular weight excluding hydrogens is 480 g/mol. The van der Waals surface area contributed by atoms with Crippen molar-refractivity contribution >= 4 is 11.9 Å². The number of ether oxygens (including phenoxy) is 8. The van der Waals surface area contributed by atoms with Crippen LogP contribution in [0.3, 0.4) is 0 Å². The molecule has 1 aliphatic rings. The molecule has 9 nitrogen and oxygen atoms in total. The average molecular weight is 509 g/mol. The Morgan fingerprint density at radius 3 is 1.95 bits per heavy atom. The third-order valence-corrected chi connectivity index (χ3v) is 5.68. The van der Waals surface area contributed by atoms with E-state index in [1.165, 1.54) is 41.6 Å². The average Bonchev–Trinajstić information content (AvgIpc) is 3.41. The molecule has 0 fully saturated rings. The molecule has 0 aromatic heterocycles. The van der Waals surface area contributed by atoms with Crippen molar-refractivity contribution in [2.45, 2.75) is 6.61 Å². The van der Waals surface area contributed by atoms with E-state index < -0.39 is 0 Å². The molecule has 1 aliphatic heterocycles. The van der Waals surface area contributed by atoms with E-state index >= 15 is 0 Å². The van der Waals surface area contributed by atoms with Crippen molar-refractivity contribution in [3.05, 3.63) is 65.2 Å². The van der Waals surface area contributed by atoms with Crippen LogP contribution in [0.25, 0.3) is 6.08 Å². The summed E-state index contributed by atoms with van der Waals surface area (Å²) in [6.07, 6.45) is 3.11. The van der Waals surface area contributed by atoms with Crippen LogP contribution < -0.4 is 37.9 Å². The van der Waals surface area contributed by atoms with Gasteiger partial charge in [0.05, 0.1) is 35.5 Å². The maximum absolute atomic E-state index is 13.0. The zero-order valence-corrected chi connectivity index (χ0v) is 21.3. The molecule has 0 saturated heterocycles. The highest BCUT2D eigenvalue weighted by Crippen LogP contribution is 2.41. The molecule has 3 aromatic rings. The largest absolute Gasteiger partial charge is 0.493 e. The molecule has 0 radical (unpaired) electrons. The van der Waals surface area contributed by atoms with Gasteiger partial charge in [-0.3, -0.25) is 4.79 Å². The highest BCUT2D eigenvalue weighted by atomic mass is 16.7. The minimum atomic E-state index is -0.257. The Bertz CT molecular complexity index is 1260. The van der Waals surface area contributed by atoms with Crippen LogP contribution in [0.5, 0.6) is 46.0 Å². The fourth-order valence-electron chi connectivity index (χ4n) is 3.82. The van der Waals surface area contributed by atoms with Gasteiger partial charge in [0.25, 0.3) is 0 Å². The Morgan fingerprint density at radius 1 is 0.757 bits per heavy atom. The van der Waals surface area contributed by atoms with Gasteiger partial charge in [-0.15, -0.1) is 0 Å². The molecule has 0 unspecified atom stereocenters. The molecule has 0 spiro atoms. The monoisotopic (exact) mass is 508 g/mol. The topological polar surface area (TPSA) is 90.9 Å². The zero-order valence-electron chi connectivity index (χ0n) is 21.3. The number of rotatable bonds is 11. The number of ketones is 1. The number of carbonyl (C=O) groups is 1. The second-order valence-electron chi connectivity index (χ2n) is 7.84. The molecule has 0 aliphatic carbocycles. The van der Waals surface area contributed by atoms with Crippen molar-refractivity contribution in [2.75, 3.05) is 42.3 Å². The summed E-state index contributed by atoms with van der Waals surface area (Å²) in [6.45, 7) is 0.433. The van der Waals surface area contributed by atoms with Gasteiger partial charge in [-0.1, -0.05) is 12.1 Å². The van der Waals surface area contributed by atoms with Crippen molar-refractivity contribution in [1.29, 1.82) is 0 Å². The third-order valence-electron chi connectivity index (χ3n) is 5.68. The predicted octanol–water partition coefficient (Wildman–Crippen LogP) is 4.93. The fraction of sp³-hybridized carbons (Fsp3) is 0.250. The number of benzene rings is 3. The van der Waals surface area contributed by atoms with Crippen LogP contribution in [0.1, 0.15) is 21.5 Å². The van der Waals surface area contributed by atoms with Gasteiger partial charge in [-0.05, 0) is 53.6 Å². The second kappa shape index (κ2) is 11.5. The van der Waals surface area contributed by atoms with Gasteiger partial charge in [0.2, 0.25) is 18.3 Å². The summed E-state index contributed by atoms with van der Waals surface area (Å²) in [7, 11) is 7.60. The molecule has 0 amide bonds. The van der Waals surface area contributed by atoms with E-state index in [9.17, 15) is 4.79 Å². The number of fused-ring (bicyclic) bond motifs is 1. The molecule has 1 heterocycles.